The number of hydrogen-bond donors (Lipinski definition) is 0. The fraction of sp³-hybridized carbons (Fsp3) is 0.261. The van der Waals surface area contributed by atoms with E-state index < -0.39 is 0 Å². The molecule has 3 aromatic rings. The van der Waals surface area contributed by atoms with Crippen molar-refractivity contribution in [1.29, 1.82) is 0 Å². The summed E-state index contributed by atoms with van der Waals surface area (Å²) in [6.45, 7) is 5.01. The largest absolute Gasteiger partial charge is 0.335 e. The van der Waals surface area contributed by atoms with Gasteiger partial charge in [-0.05, 0) is 36.8 Å². The second-order valence-corrected chi connectivity index (χ2v) is 8.40. The van der Waals surface area contributed by atoms with Crippen molar-refractivity contribution >= 4 is 29.1 Å². The van der Waals surface area contributed by atoms with Crippen molar-refractivity contribution in [2.24, 2.45) is 0 Å². The van der Waals surface area contributed by atoms with Gasteiger partial charge in [-0.15, -0.1) is 0 Å². The number of halogens is 2. The van der Waals surface area contributed by atoms with Crippen LogP contribution in [0, 0.1) is 6.92 Å². The normalized spacial score (nSPS) is 14.6. The molecule has 0 N–H and O–H groups in total. The number of para-hydroxylation sites is 1. The summed E-state index contributed by atoms with van der Waals surface area (Å²) in [4.78, 5) is 29.6. The second kappa shape index (κ2) is 9.22. The number of carbonyl (C=O) groups is 1. The number of carbonyl (C=O) groups excluding carboxylic acids is 1. The summed E-state index contributed by atoms with van der Waals surface area (Å²) in [7, 11) is 0. The van der Waals surface area contributed by atoms with Crippen molar-refractivity contribution < 1.29 is 4.79 Å². The number of aromatic nitrogens is 2. The Bertz CT molecular complexity index is 1170. The predicted octanol–water partition coefficient (Wildman–Crippen LogP) is 3.81. The number of hydrogen-bond acceptors (Lipinski definition) is 4. The van der Waals surface area contributed by atoms with Crippen LogP contribution in [0.4, 0.5) is 0 Å². The molecular weight excluding hydrogens is 435 g/mol. The van der Waals surface area contributed by atoms with Gasteiger partial charge in [0.1, 0.15) is 0 Å². The molecule has 1 fully saturated rings. The zero-order chi connectivity index (χ0) is 22.0. The van der Waals surface area contributed by atoms with Gasteiger partial charge in [0.05, 0.1) is 10.7 Å². The van der Waals surface area contributed by atoms with Gasteiger partial charge in [-0.1, -0.05) is 47.5 Å². The van der Waals surface area contributed by atoms with Gasteiger partial charge >= 0.3 is 0 Å². The molecule has 1 amide bonds. The molecule has 4 rings (SSSR count). The van der Waals surface area contributed by atoms with Gasteiger partial charge in [0.15, 0.2) is 5.69 Å². The highest BCUT2D eigenvalue weighted by Crippen LogP contribution is 2.20. The molecule has 160 valence electrons. The third-order valence-corrected chi connectivity index (χ3v) is 5.90. The lowest BCUT2D eigenvalue weighted by atomic mass is 10.2. The molecule has 1 aliphatic rings. The van der Waals surface area contributed by atoms with E-state index in [1.54, 1.807) is 28.6 Å². The molecule has 1 aliphatic heterocycles. The first-order valence-electron chi connectivity index (χ1n) is 10.0. The van der Waals surface area contributed by atoms with Gasteiger partial charge in [0.25, 0.3) is 5.91 Å². The maximum atomic E-state index is 13.1. The highest BCUT2D eigenvalue weighted by Gasteiger charge is 2.26. The van der Waals surface area contributed by atoms with Gasteiger partial charge in [0, 0.05) is 49.5 Å². The Kier molecular flexibility index (Phi) is 6.41. The van der Waals surface area contributed by atoms with Crippen LogP contribution in [0.5, 0.6) is 0 Å². The molecule has 0 aliphatic carbocycles. The summed E-state index contributed by atoms with van der Waals surface area (Å²) < 4.78 is 1.55. The number of benzene rings is 2. The fourth-order valence-electron chi connectivity index (χ4n) is 3.72. The van der Waals surface area contributed by atoms with Crippen LogP contribution in [0.3, 0.4) is 0 Å². The maximum absolute atomic E-state index is 13.1. The number of nitrogens with zero attached hydrogens (tertiary/aromatic N) is 4. The van der Waals surface area contributed by atoms with Crippen LogP contribution >= 0.6 is 23.2 Å². The Morgan fingerprint density at radius 2 is 1.74 bits per heavy atom. The van der Waals surface area contributed by atoms with E-state index in [9.17, 15) is 9.59 Å². The Hall–Kier alpha value is -2.67. The van der Waals surface area contributed by atoms with Crippen molar-refractivity contribution in [1.82, 2.24) is 19.6 Å². The molecule has 0 spiro atoms. The average molecular weight is 457 g/mol. The van der Waals surface area contributed by atoms with E-state index in [-0.39, 0.29) is 17.0 Å². The van der Waals surface area contributed by atoms with E-state index in [1.165, 1.54) is 6.07 Å². The van der Waals surface area contributed by atoms with Crippen LogP contribution in [0.15, 0.2) is 59.4 Å². The van der Waals surface area contributed by atoms with E-state index in [0.717, 1.165) is 12.1 Å². The van der Waals surface area contributed by atoms with Crippen LogP contribution in [0.25, 0.3) is 5.69 Å². The number of piperazine rings is 1. The third-order valence-electron chi connectivity index (χ3n) is 5.35. The molecule has 0 bridgehead atoms. The Morgan fingerprint density at radius 1 is 1.00 bits per heavy atom. The Labute approximate surface area is 190 Å². The zero-order valence-electron chi connectivity index (χ0n) is 17.1. The first-order valence-corrected chi connectivity index (χ1v) is 10.8. The van der Waals surface area contributed by atoms with Crippen molar-refractivity contribution in [2.75, 3.05) is 26.2 Å². The maximum Gasteiger partial charge on any atom is 0.278 e. The molecule has 1 saturated heterocycles. The lowest BCUT2D eigenvalue weighted by molar-refractivity contribution is 0.0619. The first kappa shape index (κ1) is 21.6. The molecule has 0 saturated carbocycles. The average Bonchev–Trinajstić information content (AvgIpc) is 2.75. The number of rotatable bonds is 4. The summed E-state index contributed by atoms with van der Waals surface area (Å²) in [5.41, 5.74) is 1.90. The summed E-state index contributed by atoms with van der Waals surface area (Å²) in [6.07, 6.45) is 0. The van der Waals surface area contributed by atoms with E-state index in [1.807, 2.05) is 36.4 Å². The minimum Gasteiger partial charge on any atom is -0.335 e. The quantitative estimate of drug-likeness (QED) is 0.598. The molecule has 6 nitrogen and oxygen atoms in total. The van der Waals surface area contributed by atoms with Gasteiger partial charge in [0.2, 0.25) is 5.43 Å². The summed E-state index contributed by atoms with van der Waals surface area (Å²) in [5.74, 6) is -0.354. The minimum atomic E-state index is -0.382. The SMILES string of the molecule is Cc1cc(=O)c(C(=O)N2CCN(Cc3cccc(Cl)c3)CC2)nn1-c1ccccc1Cl. The molecule has 0 atom stereocenters. The van der Waals surface area contributed by atoms with Crippen LogP contribution < -0.4 is 5.43 Å². The zero-order valence-corrected chi connectivity index (χ0v) is 18.6. The van der Waals surface area contributed by atoms with Crippen molar-refractivity contribution in [3.05, 3.63) is 91.8 Å². The summed E-state index contributed by atoms with van der Waals surface area (Å²) >= 11 is 12.4. The summed E-state index contributed by atoms with van der Waals surface area (Å²) in [6, 6.07) is 16.4. The van der Waals surface area contributed by atoms with Crippen LogP contribution in [0.2, 0.25) is 10.0 Å². The minimum absolute atomic E-state index is 0.0891. The lowest BCUT2D eigenvalue weighted by Gasteiger charge is -2.34. The van der Waals surface area contributed by atoms with E-state index in [4.69, 9.17) is 23.2 Å². The van der Waals surface area contributed by atoms with Crippen LogP contribution in [-0.4, -0.2) is 51.7 Å². The third kappa shape index (κ3) is 4.82. The van der Waals surface area contributed by atoms with Gasteiger partial charge in [-0.3, -0.25) is 14.5 Å². The van der Waals surface area contributed by atoms with Crippen molar-refractivity contribution in [3.63, 3.8) is 0 Å². The Balaban J connectivity index is 1.50. The lowest BCUT2D eigenvalue weighted by Crippen LogP contribution is -2.49. The fourth-order valence-corrected chi connectivity index (χ4v) is 4.14. The van der Waals surface area contributed by atoms with E-state index >= 15 is 0 Å². The first-order chi connectivity index (χ1) is 14.9. The highest BCUT2D eigenvalue weighted by molar-refractivity contribution is 6.32. The molecular formula is C23H22Cl2N4O2. The van der Waals surface area contributed by atoms with Gasteiger partial charge in [-0.2, -0.15) is 5.10 Å². The second-order valence-electron chi connectivity index (χ2n) is 7.56. The monoisotopic (exact) mass is 456 g/mol. The topological polar surface area (TPSA) is 58.4 Å². The molecule has 0 radical (unpaired) electrons. The van der Waals surface area contributed by atoms with E-state index in [0.29, 0.717) is 47.6 Å². The van der Waals surface area contributed by atoms with Crippen molar-refractivity contribution in [3.8, 4) is 5.69 Å². The standard InChI is InChI=1S/C23H22Cl2N4O2/c1-16-13-21(30)22(26-29(16)20-8-3-2-7-19(20)25)23(31)28-11-9-27(10-12-28)15-17-5-4-6-18(24)14-17/h2-8,13-14H,9-12,15H2,1H3. The molecule has 2 heterocycles. The smallest absolute Gasteiger partial charge is 0.278 e. The predicted molar refractivity (Wildman–Crippen MR) is 122 cm³/mol. The van der Waals surface area contributed by atoms with E-state index in [2.05, 4.69) is 10.00 Å². The molecule has 0 unspecified atom stereocenters. The van der Waals surface area contributed by atoms with Crippen LogP contribution in [-0.2, 0) is 6.54 Å². The van der Waals surface area contributed by atoms with Crippen molar-refractivity contribution in [2.45, 2.75) is 13.5 Å². The number of amides is 1. The molecule has 1 aromatic heterocycles. The number of aryl methyl sites for hydroxylation is 1. The molecule has 2 aromatic carbocycles. The summed E-state index contributed by atoms with van der Waals surface area (Å²) in [5, 5.41) is 5.58. The van der Waals surface area contributed by atoms with Gasteiger partial charge in [-0.25, -0.2) is 4.68 Å². The van der Waals surface area contributed by atoms with Gasteiger partial charge < -0.3 is 4.90 Å². The molecule has 31 heavy (non-hydrogen) atoms. The van der Waals surface area contributed by atoms with Crippen LogP contribution in [0.1, 0.15) is 21.7 Å². The Morgan fingerprint density at radius 3 is 2.45 bits per heavy atom. The molecule has 8 heteroatoms. The highest BCUT2D eigenvalue weighted by atomic mass is 35.5.